The minimum absolute atomic E-state index is 0.0228. The monoisotopic (exact) mass is 358 g/mol. The van der Waals surface area contributed by atoms with Gasteiger partial charge in [-0.25, -0.2) is 18.7 Å². The second-order valence-corrected chi connectivity index (χ2v) is 6.11. The highest BCUT2D eigenvalue weighted by Crippen LogP contribution is 2.15. The van der Waals surface area contributed by atoms with Gasteiger partial charge in [-0.1, -0.05) is 0 Å². The number of carbonyl (C=O) groups excluding carboxylic acids is 1. The Balaban J connectivity index is 1.57. The molecule has 1 aliphatic rings. The molecule has 1 fully saturated rings. The zero-order valence-electron chi connectivity index (χ0n) is 14.3. The van der Waals surface area contributed by atoms with Crippen molar-refractivity contribution in [3.8, 4) is 0 Å². The molecule has 0 saturated carbocycles. The average Bonchev–Trinajstić information content (AvgIpc) is 2.68. The number of benzene rings is 1. The molecule has 1 aromatic carbocycles. The lowest BCUT2D eigenvalue weighted by molar-refractivity contribution is -0.116. The predicted octanol–water partition coefficient (Wildman–Crippen LogP) is 3.07. The molecule has 2 aromatic rings. The van der Waals surface area contributed by atoms with Gasteiger partial charge in [-0.3, -0.25) is 4.79 Å². The first kappa shape index (κ1) is 18.0. The van der Waals surface area contributed by atoms with Gasteiger partial charge < -0.3 is 10.2 Å². The Kier molecular flexibility index (Phi) is 5.88. The third-order valence-electron chi connectivity index (χ3n) is 4.16. The lowest BCUT2D eigenvalue weighted by Crippen LogP contribution is -2.31. The second-order valence-electron chi connectivity index (χ2n) is 6.11. The molecule has 0 radical (unpaired) electrons. The third kappa shape index (κ3) is 4.84. The molecule has 2 heterocycles. The van der Waals surface area contributed by atoms with Crippen LogP contribution in [0.1, 0.15) is 30.5 Å². The van der Waals surface area contributed by atoms with Gasteiger partial charge in [0.2, 0.25) is 11.9 Å². The van der Waals surface area contributed by atoms with E-state index in [0.29, 0.717) is 11.6 Å². The molecule has 0 spiro atoms. The average molecular weight is 358 g/mol. The summed E-state index contributed by atoms with van der Waals surface area (Å²) in [6.07, 6.45) is 7.58. The molecular weight excluding hydrogens is 338 g/mol. The maximum Gasteiger partial charge on any atom is 0.244 e. The van der Waals surface area contributed by atoms with Crippen molar-refractivity contribution in [2.45, 2.75) is 25.8 Å². The van der Waals surface area contributed by atoms with E-state index in [1.54, 1.807) is 12.3 Å². The number of rotatable bonds is 5. The van der Waals surface area contributed by atoms with E-state index in [-0.39, 0.29) is 12.1 Å². The van der Waals surface area contributed by atoms with E-state index in [2.05, 4.69) is 20.2 Å². The van der Waals surface area contributed by atoms with Gasteiger partial charge in [-0.2, -0.15) is 0 Å². The van der Waals surface area contributed by atoms with Crippen LogP contribution in [0.15, 0.2) is 36.5 Å². The number of aromatic nitrogens is 2. The molecule has 0 bridgehead atoms. The number of nitrogens with one attached hydrogen (secondary N) is 1. The van der Waals surface area contributed by atoms with Crippen molar-refractivity contribution in [2.75, 3.05) is 18.0 Å². The van der Waals surface area contributed by atoms with Crippen LogP contribution in [-0.2, 0) is 11.3 Å². The largest absolute Gasteiger partial charge is 0.347 e. The van der Waals surface area contributed by atoms with Crippen molar-refractivity contribution in [1.82, 2.24) is 15.3 Å². The number of amides is 1. The molecule has 0 aliphatic carbocycles. The van der Waals surface area contributed by atoms with E-state index in [1.807, 2.05) is 0 Å². The van der Waals surface area contributed by atoms with Crippen LogP contribution in [-0.4, -0.2) is 29.0 Å². The highest BCUT2D eigenvalue weighted by molar-refractivity contribution is 5.91. The number of hydrogen-bond donors (Lipinski definition) is 1. The molecule has 26 heavy (non-hydrogen) atoms. The summed E-state index contributed by atoms with van der Waals surface area (Å²) >= 11 is 0. The molecule has 1 aromatic heterocycles. The van der Waals surface area contributed by atoms with Crippen LogP contribution < -0.4 is 10.2 Å². The minimum atomic E-state index is -0.586. The Hall–Kier alpha value is -2.83. The van der Waals surface area contributed by atoms with Crippen LogP contribution in [0.5, 0.6) is 0 Å². The van der Waals surface area contributed by atoms with E-state index in [1.165, 1.54) is 18.6 Å². The van der Waals surface area contributed by atoms with Gasteiger partial charge >= 0.3 is 0 Å². The summed E-state index contributed by atoms with van der Waals surface area (Å²) in [4.78, 5) is 22.8. The molecule has 0 atom stereocenters. The van der Waals surface area contributed by atoms with E-state index >= 15 is 0 Å². The highest BCUT2D eigenvalue weighted by atomic mass is 19.1. The van der Waals surface area contributed by atoms with Gasteiger partial charge in [0.05, 0.1) is 12.2 Å². The third-order valence-corrected chi connectivity index (χ3v) is 4.16. The molecular formula is C19H20F2N4O. The zero-order valence-corrected chi connectivity index (χ0v) is 14.3. The van der Waals surface area contributed by atoms with E-state index < -0.39 is 17.5 Å². The fourth-order valence-electron chi connectivity index (χ4n) is 2.77. The number of piperidine rings is 1. The van der Waals surface area contributed by atoms with Gasteiger partial charge in [-0.05, 0) is 49.6 Å². The normalized spacial score (nSPS) is 14.6. The predicted molar refractivity (Wildman–Crippen MR) is 95.3 cm³/mol. The Morgan fingerprint density at radius 3 is 2.81 bits per heavy atom. The van der Waals surface area contributed by atoms with Crippen molar-refractivity contribution in [3.63, 3.8) is 0 Å². The number of anilines is 1. The first-order valence-corrected chi connectivity index (χ1v) is 8.60. The number of nitrogens with zero attached hydrogens (tertiary/aromatic N) is 3. The van der Waals surface area contributed by atoms with Crippen molar-refractivity contribution in [3.05, 3.63) is 59.4 Å². The lowest BCUT2D eigenvalue weighted by atomic mass is 10.1. The van der Waals surface area contributed by atoms with Crippen LogP contribution in [0.4, 0.5) is 14.7 Å². The summed E-state index contributed by atoms with van der Waals surface area (Å²) in [7, 11) is 0. The van der Waals surface area contributed by atoms with Crippen molar-refractivity contribution in [1.29, 1.82) is 0 Å². The highest BCUT2D eigenvalue weighted by Gasteiger charge is 2.13. The molecule has 0 unspecified atom stereocenters. The summed E-state index contributed by atoms with van der Waals surface area (Å²) < 4.78 is 26.6. The zero-order chi connectivity index (χ0) is 18.4. The maximum absolute atomic E-state index is 13.5. The number of hydrogen-bond acceptors (Lipinski definition) is 4. The molecule has 136 valence electrons. The summed E-state index contributed by atoms with van der Waals surface area (Å²) in [6, 6.07) is 4.83. The lowest BCUT2D eigenvalue weighted by Gasteiger charge is -2.26. The Morgan fingerprint density at radius 1 is 1.19 bits per heavy atom. The second kappa shape index (κ2) is 8.51. The molecule has 1 saturated heterocycles. The molecule has 5 nitrogen and oxygen atoms in total. The van der Waals surface area contributed by atoms with Gasteiger partial charge in [0.15, 0.2) is 0 Å². The Morgan fingerprint density at radius 2 is 2.00 bits per heavy atom. The van der Waals surface area contributed by atoms with Gasteiger partial charge in [0.1, 0.15) is 11.6 Å². The minimum Gasteiger partial charge on any atom is -0.347 e. The first-order valence-electron chi connectivity index (χ1n) is 8.60. The van der Waals surface area contributed by atoms with Crippen LogP contribution in [0.2, 0.25) is 0 Å². The maximum atomic E-state index is 13.5. The molecule has 1 N–H and O–H groups in total. The van der Waals surface area contributed by atoms with E-state index in [0.717, 1.165) is 44.1 Å². The topological polar surface area (TPSA) is 58.1 Å². The fraction of sp³-hybridized carbons (Fsp3) is 0.316. The van der Waals surface area contributed by atoms with Crippen molar-refractivity contribution >= 4 is 17.9 Å². The van der Waals surface area contributed by atoms with Crippen LogP contribution in [0.3, 0.4) is 0 Å². The Labute approximate surface area is 150 Å². The van der Waals surface area contributed by atoms with Gasteiger partial charge in [-0.15, -0.1) is 0 Å². The summed E-state index contributed by atoms with van der Waals surface area (Å²) in [6.45, 7) is 2.12. The van der Waals surface area contributed by atoms with Crippen LogP contribution in [0, 0.1) is 11.6 Å². The quantitative estimate of drug-likeness (QED) is 0.835. The van der Waals surface area contributed by atoms with E-state index in [9.17, 15) is 13.6 Å². The summed E-state index contributed by atoms with van der Waals surface area (Å²) in [5.74, 6) is -0.879. The summed E-state index contributed by atoms with van der Waals surface area (Å²) in [5, 5.41) is 2.68. The SMILES string of the molecule is O=C(/C=C/c1cc(F)ccc1F)NCc1ccnc(N2CCCCC2)n1. The molecule has 1 aliphatic heterocycles. The smallest absolute Gasteiger partial charge is 0.244 e. The number of carbonyl (C=O) groups is 1. The molecule has 1 amide bonds. The van der Waals surface area contributed by atoms with Crippen LogP contribution >= 0.6 is 0 Å². The molecule has 7 heteroatoms. The van der Waals surface area contributed by atoms with Crippen molar-refractivity contribution in [2.24, 2.45) is 0 Å². The first-order chi connectivity index (χ1) is 12.6. The Bertz CT molecular complexity index is 804. The van der Waals surface area contributed by atoms with Gasteiger partial charge in [0.25, 0.3) is 0 Å². The standard InChI is InChI=1S/C19H20F2N4O/c20-15-5-6-17(21)14(12-15)4-7-18(26)23-13-16-8-9-22-19(24-16)25-10-2-1-3-11-25/h4-9,12H,1-3,10-11,13H2,(H,23,26)/b7-4+. The molecule has 3 rings (SSSR count). The number of halogens is 2. The summed E-state index contributed by atoms with van der Waals surface area (Å²) in [5.41, 5.74) is 0.717. The van der Waals surface area contributed by atoms with E-state index in [4.69, 9.17) is 0 Å². The fourth-order valence-corrected chi connectivity index (χ4v) is 2.77. The van der Waals surface area contributed by atoms with Crippen LogP contribution in [0.25, 0.3) is 6.08 Å². The van der Waals surface area contributed by atoms with Gasteiger partial charge in [0, 0.05) is 30.9 Å². The van der Waals surface area contributed by atoms with Crippen molar-refractivity contribution < 1.29 is 13.6 Å².